The summed E-state index contributed by atoms with van der Waals surface area (Å²) in [6.45, 7) is 4.18. The molecule has 20 heavy (non-hydrogen) atoms. The van der Waals surface area contributed by atoms with Gasteiger partial charge < -0.3 is 9.64 Å². The minimum Gasteiger partial charge on any atom is -0.376 e. The molecule has 6 heteroatoms. The van der Waals surface area contributed by atoms with Crippen LogP contribution in [0.1, 0.15) is 25.3 Å². The maximum Gasteiger partial charge on any atom is 0.292 e. The van der Waals surface area contributed by atoms with Crippen LogP contribution in [0, 0.1) is 10.1 Å². The van der Waals surface area contributed by atoms with Crippen molar-refractivity contribution in [2.24, 2.45) is 0 Å². The van der Waals surface area contributed by atoms with Gasteiger partial charge in [0.1, 0.15) is 5.69 Å². The standard InChI is InChI=1S/C14H19ClN2O3/c1-2-16(10-12-4-3-7-20-12)13-6-5-11(9-15)8-14(13)17(18)19/h5-6,8,12H,2-4,7,9-10H2,1H3. The third kappa shape index (κ3) is 3.41. The molecule has 0 radical (unpaired) electrons. The summed E-state index contributed by atoms with van der Waals surface area (Å²) in [5.74, 6) is 0.277. The number of nitrogens with zero attached hydrogens (tertiary/aromatic N) is 2. The smallest absolute Gasteiger partial charge is 0.292 e. The van der Waals surface area contributed by atoms with Gasteiger partial charge in [-0.05, 0) is 31.4 Å². The molecule has 0 amide bonds. The van der Waals surface area contributed by atoms with Crippen molar-refractivity contribution < 1.29 is 9.66 Å². The third-order valence-electron chi connectivity index (χ3n) is 3.56. The number of hydrogen-bond donors (Lipinski definition) is 0. The fraction of sp³-hybridized carbons (Fsp3) is 0.571. The van der Waals surface area contributed by atoms with Gasteiger partial charge in [0.25, 0.3) is 5.69 Å². The molecule has 0 saturated carbocycles. The average molecular weight is 299 g/mol. The Morgan fingerprint density at radius 3 is 2.90 bits per heavy atom. The number of rotatable bonds is 6. The fourth-order valence-corrected chi connectivity index (χ4v) is 2.66. The zero-order valence-electron chi connectivity index (χ0n) is 11.5. The lowest BCUT2D eigenvalue weighted by Crippen LogP contribution is -2.32. The van der Waals surface area contributed by atoms with Crippen LogP contribution in [0.25, 0.3) is 0 Å². The van der Waals surface area contributed by atoms with Crippen molar-refractivity contribution in [3.05, 3.63) is 33.9 Å². The van der Waals surface area contributed by atoms with Gasteiger partial charge in [-0.2, -0.15) is 0 Å². The van der Waals surface area contributed by atoms with Gasteiger partial charge in [-0.25, -0.2) is 0 Å². The predicted molar refractivity (Wildman–Crippen MR) is 79.5 cm³/mol. The lowest BCUT2D eigenvalue weighted by atomic mass is 10.1. The molecular weight excluding hydrogens is 280 g/mol. The monoisotopic (exact) mass is 298 g/mol. The van der Waals surface area contributed by atoms with Crippen LogP contribution in [-0.2, 0) is 10.6 Å². The highest BCUT2D eigenvalue weighted by Crippen LogP contribution is 2.30. The van der Waals surface area contributed by atoms with E-state index in [-0.39, 0.29) is 22.6 Å². The van der Waals surface area contributed by atoms with Crippen LogP contribution in [-0.4, -0.2) is 30.7 Å². The average Bonchev–Trinajstić information content (AvgIpc) is 2.97. The van der Waals surface area contributed by atoms with Crippen molar-refractivity contribution in [2.45, 2.75) is 31.7 Å². The second kappa shape index (κ2) is 6.90. The predicted octanol–water partition coefficient (Wildman–Crippen LogP) is 3.34. The highest BCUT2D eigenvalue weighted by Gasteiger charge is 2.23. The minimum absolute atomic E-state index is 0.114. The van der Waals surface area contributed by atoms with E-state index in [0.29, 0.717) is 18.8 Å². The second-order valence-corrected chi connectivity index (χ2v) is 5.15. The molecule has 1 heterocycles. The van der Waals surface area contributed by atoms with E-state index >= 15 is 0 Å². The number of nitro groups is 1. The van der Waals surface area contributed by atoms with Crippen LogP contribution < -0.4 is 4.90 Å². The topological polar surface area (TPSA) is 55.6 Å². The Hall–Kier alpha value is -1.33. The Kier molecular flexibility index (Phi) is 5.20. The van der Waals surface area contributed by atoms with Gasteiger partial charge in [0.2, 0.25) is 0 Å². The summed E-state index contributed by atoms with van der Waals surface area (Å²) in [7, 11) is 0. The molecule has 0 bridgehead atoms. The Morgan fingerprint density at radius 2 is 2.35 bits per heavy atom. The molecule has 0 spiro atoms. The minimum atomic E-state index is -0.344. The molecule has 1 aliphatic rings. The molecule has 5 nitrogen and oxygen atoms in total. The molecule has 2 rings (SSSR count). The van der Waals surface area contributed by atoms with Gasteiger partial charge >= 0.3 is 0 Å². The van der Waals surface area contributed by atoms with Crippen LogP contribution >= 0.6 is 11.6 Å². The van der Waals surface area contributed by atoms with Gasteiger partial charge in [0.05, 0.1) is 11.0 Å². The van der Waals surface area contributed by atoms with E-state index in [1.54, 1.807) is 12.1 Å². The molecule has 1 fully saturated rings. The van der Waals surface area contributed by atoms with Crippen molar-refractivity contribution in [1.29, 1.82) is 0 Å². The number of halogens is 1. The number of alkyl halides is 1. The Bertz CT molecular complexity index is 475. The van der Waals surface area contributed by atoms with E-state index < -0.39 is 0 Å². The molecule has 0 aliphatic carbocycles. The molecular formula is C14H19ClN2O3. The molecule has 1 unspecified atom stereocenters. The van der Waals surface area contributed by atoms with E-state index in [2.05, 4.69) is 0 Å². The fourth-order valence-electron chi connectivity index (χ4n) is 2.50. The lowest BCUT2D eigenvalue weighted by molar-refractivity contribution is -0.384. The first-order chi connectivity index (χ1) is 9.65. The van der Waals surface area contributed by atoms with E-state index in [1.165, 1.54) is 0 Å². The van der Waals surface area contributed by atoms with Crippen LogP contribution in [0.4, 0.5) is 11.4 Å². The summed E-state index contributed by atoms with van der Waals surface area (Å²) in [6, 6.07) is 5.18. The van der Waals surface area contributed by atoms with Gasteiger partial charge in [-0.15, -0.1) is 11.6 Å². The molecule has 1 aromatic carbocycles. The van der Waals surface area contributed by atoms with Crippen molar-refractivity contribution in [2.75, 3.05) is 24.6 Å². The zero-order chi connectivity index (χ0) is 14.5. The molecule has 110 valence electrons. The van der Waals surface area contributed by atoms with Crippen molar-refractivity contribution in [3.8, 4) is 0 Å². The molecule has 1 aliphatic heterocycles. The van der Waals surface area contributed by atoms with E-state index in [4.69, 9.17) is 16.3 Å². The molecule has 0 aromatic heterocycles. The summed E-state index contributed by atoms with van der Waals surface area (Å²) >= 11 is 5.75. The molecule has 1 saturated heterocycles. The number of benzene rings is 1. The second-order valence-electron chi connectivity index (χ2n) is 4.89. The Labute approximate surface area is 123 Å². The summed E-state index contributed by atoms with van der Waals surface area (Å²) in [5, 5.41) is 11.3. The number of ether oxygens (including phenoxy) is 1. The Morgan fingerprint density at radius 1 is 1.55 bits per heavy atom. The van der Waals surface area contributed by atoms with Gasteiger partial charge in [0, 0.05) is 31.6 Å². The third-order valence-corrected chi connectivity index (χ3v) is 3.87. The maximum absolute atomic E-state index is 11.3. The molecule has 1 aromatic rings. The Balaban J connectivity index is 2.25. The van der Waals surface area contributed by atoms with Gasteiger partial charge in [0.15, 0.2) is 0 Å². The van der Waals surface area contributed by atoms with E-state index in [0.717, 1.165) is 25.0 Å². The van der Waals surface area contributed by atoms with Crippen LogP contribution in [0.15, 0.2) is 18.2 Å². The lowest BCUT2D eigenvalue weighted by Gasteiger charge is -2.25. The first-order valence-electron chi connectivity index (χ1n) is 6.85. The summed E-state index contributed by atoms with van der Waals surface area (Å²) in [4.78, 5) is 12.9. The van der Waals surface area contributed by atoms with E-state index in [9.17, 15) is 10.1 Å². The van der Waals surface area contributed by atoms with Crippen LogP contribution in [0.3, 0.4) is 0 Å². The number of nitro benzene ring substituents is 1. The van der Waals surface area contributed by atoms with E-state index in [1.807, 2.05) is 17.9 Å². The quantitative estimate of drug-likeness (QED) is 0.459. The highest BCUT2D eigenvalue weighted by atomic mass is 35.5. The van der Waals surface area contributed by atoms with Crippen molar-refractivity contribution >= 4 is 23.0 Å². The normalized spacial score (nSPS) is 18.2. The highest BCUT2D eigenvalue weighted by molar-refractivity contribution is 6.17. The number of likely N-dealkylation sites (N-methyl/N-ethyl adjacent to an activating group) is 1. The summed E-state index contributed by atoms with van der Waals surface area (Å²) < 4.78 is 5.62. The van der Waals surface area contributed by atoms with Gasteiger partial charge in [-0.1, -0.05) is 6.07 Å². The largest absolute Gasteiger partial charge is 0.376 e. The van der Waals surface area contributed by atoms with Crippen molar-refractivity contribution in [3.63, 3.8) is 0 Å². The molecule has 0 N–H and O–H groups in total. The SMILES string of the molecule is CCN(CC1CCCO1)c1ccc(CCl)cc1[N+](=O)[O-]. The number of anilines is 1. The first kappa shape index (κ1) is 15.1. The summed E-state index contributed by atoms with van der Waals surface area (Å²) in [6.07, 6.45) is 2.25. The summed E-state index contributed by atoms with van der Waals surface area (Å²) in [5.41, 5.74) is 1.51. The number of hydrogen-bond acceptors (Lipinski definition) is 4. The first-order valence-corrected chi connectivity index (χ1v) is 7.39. The van der Waals surface area contributed by atoms with Crippen LogP contribution in [0.5, 0.6) is 0 Å². The van der Waals surface area contributed by atoms with Crippen molar-refractivity contribution in [1.82, 2.24) is 0 Å². The van der Waals surface area contributed by atoms with Gasteiger partial charge in [-0.3, -0.25) is 10.1 Å². The zero-order valence-corrected chi connectivity index (χ0v) is 12.3. The maximum atomic E-state index is 11.3. The van der Waals surface area contributed by atoms with Crippen LogP contribution in [0.2, 0.25) is 0 Å². The molecule has 1 atom stereocenters.